The summed E-state index contributed by atoms with van der Waals surface area (Å²) in [6, 6.07) is 7.00. The molecule has 2 aromatic heterocycles. The van der Waals surface area contributed by atoms with Crippen LogP contribution in [0.5, 0.6) is 0 Å². The maximum absolute atomic E-state index is 14.7. The average molecular weight is 476 g/mol. The van der Waals surface area contributed by atoms with Crippen molar-refractivity contribution in [3.05, 3.63) is 87.4 Å². The summed E-state index contributed by atoms with van der Waals surface area (Å²) in [5.74, 6) is -1.71. The zero-order valence-electron chi connectivity index (χ0n) is 15.7. The molecule has 0 bridgehead atoms. The summed E-state index contributed by atoms with van der Waals surface area (Å²) in [6.45, 7) is 1.34. The molecule has 30 heavy (non-hydrogen) atoms. The second kappa shape index (κ2) is 7.69. The van der Waals surface area contributed by atoms with Gasteiger partial charge in [0, 0.05) is 16.1 Å². The Hall–Kier alpha value is -2.98. The van der Waals surface area contributed by atoms with Gasteiger partial charge in [0.25, 0.3) is 5.56 Å². The predicted molar refractivity (Wildman–Crippen MR) is 109 cm³/mol. The molecule has 0 fully saturated rings. The Morgan fingerprint density at radius 1 is 1.20 bits per heavy atom. The van der Waals surface area contributed by atoms with Gasteiger partial charge in [-0.2, -0.15) is 5.10 Å². The van der Waals surface area contributed by atoms with Crippen molar-refractivity contribution in [2.24, 2.45) is 0 Å². The quantitative estimate of drug-likeness (QED) is 0.479. The van der Waals surface area contributed by atoms with Crippen molar-refractivity contribution in [1.82, 2.24) is 24.3 Å². The van der Waals surface area contributed by atoms with Gasteiger partial charge in [-0.25, -0.2) is 23.4 Å². The van der Waals surface area contributed by atoms with Crippen LogP contribution in [0.3, 0.4) is 0 Å². The van der Waals surface area contributed by atoms with E-state index in [1.807, 2.05) is 0 Å². The summed E-state index contributed by atoms with van der Waals surface area (Å²) in [6.07, 6.45) is 3.93. The molecular formula is C20H16BrF2N5O2. The van der Waals surface area contributed by atoms with Crippen LogP contribution in [-0.2, 0) is 12.1 Å². The maximum Gasteiger partial charge on any atom is 0.261 e. The summed E-state index contributed by atoms with van der Waals surface area (Å²) in [4.78, 5) is 21.3. The minimum Gasteiger partial charge on any atom is -0.381 e. The predicted octanol–water partition coefficient (Wildman–Crippen LogP) is 3.18. The number of aromatic nitrogens is 5. The molecule has 1 N–H and O–H groups in total. The largest absolute Gasteiger partial charge is 0.381 e. The van der Waals surface area contributed by atoms with Crippen LogP contribution in [0.4, 0.5) is 8.78 Å². The van der Waals surface area contributed by atoms with E-state index < -0.39 is 28.8 Å². The summed E-state index contributed by atoms with van der Waals surface area (Å²) < 4.78 is 31.4. The van der Waals surface area contributed by atoms with Crippen molar-refractivity contribution < 1.29 is 13.9 Å². The zero-order valence-corrected chi connectivity index (χ0v) is 17.3. The Kier molecular flexibility index (Phi) is 5.20. The second-order valence-electron chi connectivity index (χ2n) is 6.94. The van der Waals surface area contributed by atoms with Gasteiger partial charge >= 0.3 is 0 Å². The molecule has 0 saturated carbocycles. The van der Waals surface area contributed by atoms with Crippen LogP contribution in [0.25, 0.3) is 10.9 Å². The first-order chi connectivity index (χ1) is 14.3. The van der Waals surface area contributed by atoms with E-state index in [2.05, 4.69) is 31.0 Å². The molecule has 2 unspecified atom stereocenters. The van der Waals surface area contributed by atoms with Crippen molar-refractivity contribution in [2.45, 2.75) is 25.1 Å². The van der Waals surface area contributed by atoms with Crippen LogP contribution >= 0.6 is 15.9 Å². The number of fused-ring (bicyclic) bond motifs is 1. The van der Waals surface area contributed by atoms with Gasteiger partial charge in [-0.3, -0.25) is 9.36 Å². The molecule has 2 atom stereocenters. The van der Waals surface area contributed by atoms with Crippen LogP contribution in [-0.4, -0.2) is 29.4 Å². The van der Waals surface area contributed by atoms with E-state index in [1.165, 1.54) is 28.2 Å². The van der Waals surface area contributed by atoms with Gasteiger partial charge in [-0.05, 0) is 31.2 Å². The lowest BCUT2D eigenvalue weighted by atomic mass is 9.86. The van der Waals surface area contributed by atoms with E-state index >= 15 is 0 Å². The highest BCUT2D eigenvalue weighted by molar-refractivity contribution is 9.10. The maximum atomic E-state index is 14.7. The van der Waals surface area contributed by atoms with Gasteiger partial charge in [-0.1, -0.05) is 22.0 Å². The molecule has 0 aliphatic heterocycles. The molecule has 0 saturated heterocycles. The zero-order chi connectivity index (χ0) is 21.5. The van der Waals surface area contributed by atoms with Gasteiger partial charge in [0.2, 0.25) is 0 Å². The highest BCUT2D eigenvalue weighted by Gasteiger charge is 2.41. The Morgan fingerprint density at radius 3 is 2.70 bits per heavy atom. The lowest BCUT2D eigenvalue weighted by Gasteiger charge is -2.35. The van der Waals surface area contributed by atoms with Gasteiger partial charge in [0.05, 0.1) is 29.8 Å². The van der Waals surface area contributed by atoms with E-state index in [0.717, 1.165) is 12.1 Å². The van der Waals surface area contributed by atoms with Crippen LogP contribution < -0.4 is 5.56 Å². The van der Waals surface area contributed by atoms with E-state index in [4.69, 9.17) is 0 Å². The fourth-order valence-corrected chi connectivity index (χ4v) is 3.82. The Morgan fingerprint density at radius 2 is 2.00 bits per heavy atom. The summed E-state index contributed by atoms with van der Waals surface area (Å²) in [5.41, 5.74) is -2.06. The number of halogens is 3. The average Bonchev–Trinajstić information content (AvgIpc) is 3.21. The smallest absolute Gasteiger partial charge is 0.261 e. The fourth-order valence-electron chi connectivity index (χ4n) is 3.46. The van der Waals surface area contributed by atoms with Gasteiger partial charge in [-0.15, -0.1) is 0 Å². The molecular weight excluding hydrogens is 460 g/mol. The van der Waals surface area contributed by atoms with E-state index in [-0.39, 0.29) is 12.1 Å². The highest BCUT2D eigenvalue weighted by atomic mass is 79.9. The normalized spacial score (nSPS) is 14.6. The van der Waals surface area contributed by atoms with Crippen LogP contribution in [0.15, 0.2) is 64.6 Å². The number of hydrogen-bond acceptors (Lipinski definition) is 5. The lowest BCUT2D eigenvalue weighted by Crippen LogP contribution is -2.43. The molecule has 154 valence electrons. The van der Waals surface area contributed by atoms with Crippen molar-refractivity contribution in [2.75, 3.05) is 0 Å². The molecule has 0 spiro atoms. The third-order valence-corrected chi connectivity index (χ3v) is 5.61. The SMILES string of the molecule is CC(n1cnc2ccc(Br)cc2c1=O)C(O)(Cn1cncn1)c1ccc(F)cc1F. The summed E-state index contributed by atoms with van der Waals surface area (Å²) in [7, 11) is 0. The first-order valence-electron chi connectivity index (χ1n) is 8.96. The molecule has 0 aliphatic rings. The van der Waals surface area contributed by atoms with Gasteiger partial charge in [0.15, 0.2) is 0 Å². The first kappa shape index (κ1) is 20.3. The van der Waals surface area contributed by atoms with Crippen LogP contribution in [0.2, 0.25) is 0 Å². The van der Waals surface area contributed by atoms with Crippen LogP contribution in [0.1, 0.15) is 18.5 Å². The van der Waals surface area contributed by atoms with Gasteiger partial charge < -0.3 is 5.11 Å². The second-order valence-corrected chi connectivity index (χ2v) is 7.85. The molecule has 0 aliphatic carbocycles. The summed E-state index contributed by atoms with van der Waals surface area (Å²) >= 11 is 3.33. The van der Waals surface area contributed by atoms with E-state index in [0.29, 0.717) is 21.4 Å². The molecule has 7 nitrogen and oxygen atoms in total. The standard InChI is InChI=1S/C20H16BrF2N5O2/c1-12(28-11-25-18-5-2-13(21)6-15(18)19(28)29)20(30,8-27-10-24-9-26-27)16-4-3-14(22)7-17(16)23/h2-7,9-12,30H,8H2,1H3. The minimum absolute atomic E-state index is 0.173. The molecule has 2 heterocycles. The molecule has 2 aromatic carbocycles. The number of aliphatic hydroxyl groups is 1. The van der Waals surface area contributed by atoms with E-state index in [1.54, 1.807) is 25.1 Å². The minimum atomic E-state index is -1.96. The van der Waals surface area contributed by atoms with Crippen molar-refractivity contribution in [1.29, 1.82) is 0 Å². The third-order valence-electron chi connectivity index (χ3n) is 5.12. The van der Waals surface area contributed by atoms with Crippen molar-refractivity contribution in [3.8, 4) is 0 Å². The Bertz CT molecular complexity index is 1280. The van der Waals surface area contributed by atoms with Crippen molar-refractivity contribution in [3.63, 3.8) is 0 Å². The van der Waals surface area contributed by atoms with Crippen molar-refractivity contribution >= 4 is 26.8 Å². The molecule has 4 rings (SSSR count). The molecule has 0 amide bonds. The third kappa shape index (κ3) is 3.52. The lowest BCUT2D eigenvalue weighted by molar-refractivity contribution is -0.0343. The number of rotatable bonds is 5. The van der Waals surface area contributed by atoms with Gasteiger partial charge in [0.1, 0.15) is 29.9 Å². The first-order valence-corrected chi connectivity index (χ1v) is 9.75. The highest BCUT2D eigenvalue weighted by Crippen LogP contribution is 2.36. The number of hydrogen-bond donors (Lipinski definition) is 1. The molecule has 4 aromatic rings. The van der Waals surface area contributed by atoms with E-state index in [9.17, 15) is 18.7 Å². The Labute approximate surface area is 177 Å². The fraction of sp³-hybridized carbons (Fsp3) is 0.200. The summed E-state index contributed by atoms with van der Waals surface area (Å²) in [5, 5.41) is 16.0. The molecule has 10 heteroatoms. The topological polar surface area (TPSA) is 85.8 Å². The number of nitrogens with zero attached hydrogens (tertiary/aromatic N) is 5. The molecule has 0 radical (unpaired) electrons. The Balaban J connectivity index is 1.90. The monoisotopic (exact) mass is 475 g/mol. The van der Waals surface area contributed by atoms with Crippen LogP contribution in [0, 0.1) is 11.6 Å². The number of benzene rings is 2.